The van der Waals surface area contributed by atoms with Crippen molar-refractivity contribution in [2.75, 3.05) is 32.8 Å². The van der Waals surface area contributed by atoms with Gasteiger partial charge >= 0.3 is 0 Å². The molecule has 0 unspecified atom stereocenters. The van der Waals surface area contributed by atoms with E-state index in [-0.39, 0.29) is 0 Å². The fraction of sp³-hybridized carbons (Fsp3) is 0.706. The van der Waals surface area contributed by atoms with E-state index in [2.05, 4.69) is 28.1 Å². The Morgan fingerprint density at radius 2 is 2.09 bits per heavy atom. The van der Waals surface area contributed by atoms with Crippen LogP contribution in [-0.2, 0) is 4.74 Å². The minimum atomic E-state index is 0.463. The summed E-state index contributed by atoms with van der Waals surface area (Å²) in [5.41, 5.74) is 0. The van der Waals surface area contributed by atoms with E-state index in [9.17, 15) is 0 Å². The Labute approximate surface area is 148 Å². The van der Waals surface area contributed by atoms with Gasteiger partial charge in [-0.15, -0.1) is 11.3 Å². The van der Waals surface area contributed by atoms with Crippen molar-refractivity contribution in [2.45, 2.75) is 44.2 Å². The van der Waals surface area contributed by atoms with Gasteiger partial charge in [-0.25, -0.2) is 0 Å². The van der Waals surface area contributed by atoms with Crippen LogP contribution in [0.5, 0.6) is 0 Å². The van der Waals surface area contributed by atoms with Crippen LogP contribution >= 0.6 is 23.6 Å². The molecule has 1 aliphatic heterocycles. The molecule has 3 rings (SSSR count). The third-order valence-electron chi connectivity index (χ3n) is 4.92. The number of thiophene rings is 1. The maximum absolute atomic E-state index is 5.53. The Bertz CT molecular complexity index is 468. The third-order valence-corrected chi connectivity index (χ3v) is 6.17. The van der Waals surface area contributed by atoms with Crippen LogP contribution in [-0.4, -0.2) is 44.0 Å². The van der Waals surface area contributed by atoms with Crippen molar-refractivity contribution < 1.29 is 9.64 Å². The van der Waals surface area contributed by atoms with Gasteiger partial charge in [0.15, 0.2) is 5.11 Å². The zero-order chi connectivity index (χ0) is 15.9. The molecule has 1 aromatic heterocycles. The molecule has 2 aliphatic rings. The zero-order valence-corrected chi connectivity index (χ0v) is 15.3. The van der Waals surface area contributed by atoms with Gasteiger partial charge in [0.05, 0.1) is 24.6 Å². The first kappa shape index (κ1) is 17.1. The zero-order valence-electron chi connectivity index (χ0n) is 13.7. The van der Waals surface area contributed by atoms with Gasteiger partial charge < -0.3 is 20.3 Å². The van der Waals surface area contributed by atoms with Gasteiger partial charge in [0.25, 0.3) is 0 Å². The van der Waals surface area contributed by atoms with Crippen molar-refractivity contribution in [2.24, 2.45) is 0 Å². The van der Waals surface area contributed by atoms with Gasteiger partial charge in [-0.05, 0) is 36.5 Å². The summed E-state index contributed by atoms with van der Waals surface area (Å²) in [6.07, 6.45) is 6.54. The van der Waals surface area contributed by atoms with E-state index < -0.39 is 0 Å². The molecule has 1 saturated heterocycles. The number of ether oxygens (including phenoxy) is 1. The van der Waals surface area contributed by atoms with E-state index in [1.54, 1.807) is 4.90 Å². The summed E-state index contributed by atoms with van der Waals surface area (Å²) in [6, 6.07) is 5.42. The Hall–Kier alpha value is -0.690. The first-order valence-electron chi connectivity index (χ1n) is 8.83. The highest BCUT2D eigenvalue weighted by atomic mass is 32.1. The molecule has 128 valence electrons. The second-order valence-electron chi connectivity index (χ2n) is 6.53. The molecule has 2 fully saturated rings. The molecular formula is C17H28N3OS2+. The minimum Gasteiger partial charge on any atom is -0.370 e. The number of nitrogens with one attached hydrogen (secondary N) is 3. The molecule has 1 saturated carbocycles. The van der Waals surface area contributed by atoms with E-state index in [0.717, 1.165) is 38.0 Å². The average Bonchev–Trinajstić information content (AvgIpc) is 3.11. The van der Waals surface area contributed by atoms with E-state index in [0.29, 0.717) is 12.1 Å². The maximum Gasteiger partial charge on any atom is 0.166 e. The Morgan fingerprint density at radius 3 is 2.78 bits per heavy atom. The van der Waals surface area contributed by atoms with Crippen LogP contribution in [0.1, 0.15) is 43.0 Å². The smallest absolute Gasteiger partial charge is 0.166 e. The Morgan fingerprint density at radius 1 is 1.30 bits per heavy atom. The second kappa shape index (κ2) is 8.97. The first-order valence-corrected chi connectivity index (χ1v) is 10.1. The molecule has 23 heavy (non-hydrogen) atoms. The molecule has 0 bridgehead atoms. The van der Waals surface area contributed by atoms with Crippen LogP contribution in [0.2, 0.25) is 0 Å². The molecule has 4 nitrogen and oxygen atoms in total. The van der Waals surface area contributed by atoms with Crippen LogP contribution < -0.4 is 15.5 Å². The number of morpholine rings is 1. The summed E-state index contributed by atoms with van der Waals surface area (Å²) in [4.78, 5) is 3.04. The molecule has 3 N–H and O–H groups in total. The molecule has 1 aromatic rings. The van der Waals surface area contributed by atoms with Crippen molar-refractivity contribution in [3.8, 4) is 0 Å². The van der Waals surface area contributed by atoms with Gasteiger partial charge in [-0.3, -0.25) is 0 Å². The highest BCUT2D eigenvalue weighted by Crippen LogP contribution is 2.18. The lowest BCUT2D eigenvalue weighted by molar-refractivity contribution is -0.937. The third kappa shape index (κ3) is 5.14. The highest BCUT2D eigenvalue weighted by Gasteiger charge is 2.27. The van der Waals surface area contributed by atoms with Crippen LogP contribution in [0.25, 0.3) is 0 Å². The summed E-state index contributed by atoms with van der Waals surface area (Å²) >= 11 is 7.38. The fourth-order valence-electron chi connectivity index (χ4n) is 3.60. The van der Waals surface area contributed by atoms with Crippen molar-refractivity contribution in [1.82, 2.24) is 10.6 Å². The number of rotatable bonds is 5. The lowest BCUT2D eigenvalue weighted by atomic mass is 9.96. The highest BCUT2D eigenvalue weighted by molar-refractivity contribution is 7.80. The van der Waals surface area contributed by atoms with Crippen LogP contribution in [0.4, 0.5) is 0 Å². The van der Waals surface area contributed by atoms with E-state index in [1.165, 1.54) is 37.0 Å². The van der Waals surface area contributed by atoms with Gasteiger partial charge in [0.2, 0.25) is 0 Å². The maximum atomic E-state index is 5.53. The molecule has 0 spiro atoms. The lowest BCUT2D eigenvalue weighted by Crippen LogP contribution is -3.15. The monoisotopic (exact) mass is 354 g/mol. The number of quaternary nitrogens is 1. The SMILES string of the molecule is S=C(NC[C@@H](c1cccs1)[NH+]1CCOCC1)NC1CCCCC1. The van der Waals surface area contributed by atoms with E-state index in [1.807, 2.05) is 11.3 Å². The fourth-order valence-corrected chi connectivity index (χ4v) is 4.73. The van der Waals surface area contributed by atoms with E-state index >= 15 is 0 Å². The van der Waals surface area contributed by atoms with Crippen molar-refractivity contribution >= 4 is 28.7 Å². The van der Waals surface area contributed by atoms with Gasteiger partial charge in [0.1, 0.15) is 19.1 Å². The second-order valence-corrected chi connectivity index (χ2v) is 7.92. The quantitative estimate of drug-likeness (QED) is 0.701. The van der Waals surface area contributed by atoms with Crippen molar-refractivity contribution in [3.05, 3.63) is 22.4 Å². The summed E-state index contributed by atoms with van der Waals surface area (Å²) in [5, 5.41) is 9.99. The molecule has 0 radical (unpaired) electrons. The molecule has 0 aromatic carbocycles. The Kier molecular flexibility index (Phi) is 6.68. The lowest BCUT2D eigenvalue weighted by Gasteiger charge is -2.32. The number of hydrogen-bond acceptors (Lipinski definition) is 3. The molecular weight excluding hydrogens is 326 g/mol. The van der Waals surface area contributed by atoms with Crippen LogP contribution in [0.15, 0.2) is 17.5 Å². The first-order chi connectivity index (χ1) is 11.3. The van der Waals surface area contributed by atoms with E-state index in [4.69, 9.17) is 17.0 Å². The van der Waals surface area contributed by atoms with Crippen molar-refractivity contribution in [1.29, 1.82) is 0 Å². The van der Waals surface area contributed by atoms with Crippen LogP contribution in [0.3, 0.4) is 0 Å². The summed E-state index contributed by atoms with van der Waals surface area (Å²) in [5.74, 6) is 0. The predicted molar refractivity (Wildman–Crippen MR) is 99.2 cm³/mol. The van der Waals surface area contributed by atoms with Gasteiger partial charge in [-0.1, -0.05) is 25.3 Å². The van der Waals surface area contributed by atoms with Gasteiger partial charge in [-0.2, -0.15) is 0 Å². The van der Waals surface area contributed by atoms with Crippen molar-refractivity contribution in [3.63, 3.8) is 0 Å². The summed E-state index contributed by atoms with van der Waals surface area (Å²) < 4.78 is 5.52. The Balaban J connectivity index is 1.52. The molecule has 1 atom stereocenters. The summed E-state index contributed by atoms with van der Waals surface area (Å²) in [7, 11) is 0. The standard InChI is InChI=1S/C17H27N3OS2/c22-17(19-14-5-2-1-3-6-14)18-13-15(16-7-4-12-23-16)20-8-10-21-11-9-20/h4,7,12,14-15H,1-3,5-6,8-11,13H2,(H2,18,19,22)/p+1/t15-/m0/s1. The minimum absolute atomic E-state index is 0.463. The molecule has 0 amide bonds. The number of thiocarbonyl (C=S) groups is 1. The molecule has 6 heteroatoms. The number of hydrogen-bond donors (Lipinski definition) is 3. The topological polar surface area (TPSA) is 37.7 Å². The summed E-state index contributed by atoms with van der Waals surface area (Å²) in [6.45, 7) is 4.78. The predicted octanol–water partition coefficient (Wildman–Crippen LogP) is 1.50. The largest absolute Gasteiger partial charge is 0.370 e. The molecule has 2 heterocycles. The molecule has 1 aliphatic carbocycles. The average molecular weight is 355 g/mol. The normalized spacial score (nSPS) is 21.7. The van der Waals surface area contributed by atoms with Gasteiger partial charge in [0, 0.05) is 6.04 Å². The van der Waals surface area contributed by atoms with Crippen LogP contribution in [0, 0.1) is 0 Å².